The first kappa shape index (κ1) is 14.8. The van der Waals surface area contributed by atoms with Gasteiger partial charge in [-0.15, -0.1) is 0 Å². The molecule has 0 fully saturated rings. The van der Waals surface area contributed by atoms with Gasteiger partial charge in [0.05, 0.1) is 18.4 Å². The van der Waals surface area contributed by atoms with Crippen LogP contribution in [-0.4, -0.2) is 13.0 Å². The van der Waals surface area contributed by atoms with E-state index in [0.717, 1.165) is 16.9 Å². The molecule has 1 amide bonds. The molecule has 120 valence electrons. The predicted molar refractivity (Wildman–Crippen MR) is 96.9 cm³/mol. The molecule has 0 bridgehead atoms. The van der Waals surface area contributed by atoms with Gasteiger partial charge in [-0.05, 0) is 41.1 Å². The van der Waals surface area contributed by atoms with E-state index in [2.05, 4.69) is 10.7 Å². The number of nitrogens with zero attached hydrogens (tertiary/aromatic N) is 1. The molecule has 4 nitrogen and oxygen atoms in total. The molecule has 24 heavy (non-hydrogen) atoms. The van der Waals surface area contributed by atoms with Gasteiger partial charge in [-0.2, -0.15) is 11.3 Å². The molecule has 0 spiro atoms. The number of hydrogen-bond donors (Lipinski definition) is 1. The lowest BCUT2D eigenvalue weighted by Crippen LogP contribution is -2.43. The number of anilines is 2. The van der Waals surface area contributed by atoms with Crippen LogP contribution in [0.3, 0.4) is 0 Å². The Hall–Kier alpha value is -2.79. The number of carbonyl (C=O) groups is 1. The minimum absolute atomic E-state index is 0.0370. The second kappa shape index (κ2) is 6.02. The number of para-hydroxylation sites is 3. The highest BCUT2D eigenvalue weighted by molar-refractivity contribution is 7.08. The van der Waals surface area contributed by atoms with Crippen LogP contribution in [0.4, 0.5) is 11.4 Å². The standard InChI is InChI=1S/C19H16N2O2S/c1-23-17-9-5-4-8-16(17)21-18(13-10-11-24-12-13)20-15-7-3-2-6-14(15)19(21)22/h2-12,18,20H,1H3/t18-/m1/s1. The Morgan fingerprint density at radius 2 is 1.88 bits per heavy atom. The summed E-state index contributed by atoms with van der Waals surface area (Å²) in [6.45, 7) is 0. The first-order valence-electron chi connectivity index (χ1n) is 7.64. The third-order valence-corrected chi connectivity index (χ3v) is 4.83. The zero-order chi connectivity index (χ0) is 16.5. The van der Waals surface area contributed by atoms with Gasteiger partial charge in [0.2, 0.25) is 0 Å². The number of ether oxygens (including phenoxy) is 1. The number of thiophene rings is 1. The summed E-state index contributed by atoms with van der Waals surface area (Å²) in [6, 6.07) is 17.2. The molecule has 1 atom stereocenters. The van der Waals surface area contributed by atoms with Crippen molar-refractivity contribution in [1.82, 2.24) is 0 Å². The van der Waals surface area contributed by atoms with Crippen molar-refractivity contribution in [2.75, 3.05) is 17.3 Å². The molecule has 5 heteroatoms. The van der Waals surface area contributed by atoms with Gasteiger partial charge in [-0.3, -0.25) is 9.69 Å². The molecule has 1 N–H and O–H groups in total. The largest absolute Gasteiger partial charge is 0.495 e. The van der Waals surface area contributed by atoms with E-state index in [1.807, 2.05) is 60.0 Å². The van der Waals surface area contributed by atoms with Gasteiger partial charge < -0.3 is 10.1 Å². The Morgan fingerprint density at radius 1 is 1.08 bits per heavy atom. The summed E-state index contributed by atoms with van der Waals surface area (Å²) in [6.07, 6.45) is -0.269. The summed E-state index contributed by atoms with van der Waals surface area (Å²) in [7, 11) is 1.62. The highest BCUT2D eigenvalue weighted by atomic mass is 32.1. The Kier molecular flexibility index (Phi) is 3.70. The van der Waals surface area contributed by atoms with E-state index < -0.39 is 0 Å². The highest BCUT2D eigenvalue weighted by Gasteiger charge is 2.35. The van der Waals surface area contributed by atoms with Crippen LogP contribution in [0.25, 0.3) is 0 Å². The molecule has 0 aliphatic carbocycles. The second-order valence-corrected chi connectivity index (χ2v) is 6.28. The van der Waals surface area contributed by atoms with Crippen LogP contribution >= 0.6 is 11.3 Å². The molecule has 0 radical (unpaired) electrons. The van der Waals surface area contributed by atoms with Crippen molar-refractivity contribution in [3.8, 4) is 5.75 Å². The predicted octanol–water partition coefficient (Wildman–Crippen LogP) is 4.53. The SMILES string of the molecule is COc1ccccc1N1C(=O)c2ccccc2N[C@H]1c1ccsc1. The van der Waals surface area contributed by atoms with Gasteiger partial charge in [0.15, 0.2) is 0 Å². The van der Waals surface area contributed by atoms with Gasteiger partial charge in [0.25, 0.3) is 5.91 Å². The van der Waals surface area contributed by atoms with E-state index >= 15 is 0 Å². The molecule has 0 unspecified atom stereocenters. The summed E-state index contributed by atoms with van der Waals surface area (Å²) in [5, 5.41) is 7.56. The summed E-state index contributed by atoms with van der Waals surface area (Å²) < 4.78 is 5.48. The number of hydrogen-bond acceptors (Lipinski definition) is 4. The zero-order valence-electron chi connectivity index (χ0n) is 13.1. The average Bonchev–Trinajstić information content (AvgIpc) is 3.16. The third kappa shape index (κ3) is 2.34. The fraction of sp³-hybridized carbons (Fsp3) is 0.105. The summed E-state index contributed by atoms with van der Waals surface area (Å²) in [5.41, 5.74) is 3.32. The molecule has 2 aromatic carbocycles. The minimum Gasteiger partial charge on any atom is -0.495 e. The van der Waals surface area contributed by atoms with Crippen molar-refractivity contribution in [2.24, 2.45) is 0 Å². The monoisotopic (exact) mass is 336 g/mol. The fourth-order valence-corrected chi connectivity index (χ4v) is 3.67. The van der Waals surface area contributed by atoms with E-state index in [4.69, 9.17) is 4.74 Å². The van der Waals surface area contributed by atoms with E-state index in [9.17, 15) is 4.79 Å². The number of nitrogens with one attached hydrogen (secondary N) is 1. The van der Waals surface area contributed by atoms with Crippen LogP contribution in [-0.2, 0) is 0 Å². The van der Waals surface area contributed by atoms with Gasteiger partial charge in [0.1, 0.15) is 11.9 Å². The lowest BCUT2D eigenvalue weighted by Gasteiger charge is -2.38. The molecular formula is C19H16N2O2S. The van der Waals surface area contributed by atoms with Crippen LogP contribution in [0.5, 0.6) is 5.75 Å². The quantitative estimate of drug-likeness (QED) is 0.764. The zero-order valence-corrected chi connectivity index (χ0v) is 13.9. The van der Waals surface area contributed by atoms with Crippen molar-refractivity contribution in [3.05, 3.63) is 76.5 Å². The molecule has 1 aliphatic rings. The third-order valence-electron chi connectivity index (χ3n) is 4.13. The normalized spacial score (nSPS) is 16.5. The van der Waals surface area contributed by atoms with Crippen molar-refractivity contribution < 1.29 is 9.53 Å². The first-order valence-corrected chi connectivity index (χ1v) is 8.58. The van der Waals surface area contributed by atoms with Gasteiger partial charge in [-0.25, -0.2) is 0 Å². The highest BCUT2D eigenvalue weighted by Crippen LogP contribution is 2.40. The van der Waals surface area contributed by atoms with E-state index in [-0.39, 0.29) is 12.1 Å². The number of rotatable bonds is 3. The summed E-state index contributed by atoms with van der Waals surface area (Å²) >= 11 is 1.61. The van der Waals surface area contributed by atoms with E-state index in [1.54, 1.807) is 23.3 Å². The molecule has 1 aliphatic heterocycles. The smallest absolute Gasteiger partial charge is 0.262 e. The number of fused-ring (bicyclic) bond motifs is 1. The molecule has 4 rings (SSSR count). The van der Waals surface area contributed by atoms with Gasteiger partial charge in [0, 0.05) is 11.3 Å². The average molecular weight is 336 g/mol. The first-order chi connectivity index (χ1) is 11.8. The van der Waals surface area contributed by atoms with Crippen molar-refractivity contribution in [3.63, 3.8) is 0 Å². The van der Waals surface area contributed by atoms with Crippen molar-refractivity contribution >= 4 is 28.6 Å². The minimum atomic E-state index is -0.269. The van der Waals surface area contributed by atoms with E-state index in [1.165, 1.54) is 0 Å². The van der Waals surface area contributed by atoms with Crippen LogP contribution in [0.15, 0.2) is 65.4 Å². The summed E-state index contributed by atoms with van der Waals surface area (Å²) in [4.78, 5) is 15.0. The van der Waals surface area contributed by atoms with Crippen LogP contribution in [0.2, 0.25) is 0 Å². The molecule has 0 saturated heterocycles. The van der Waals surface area contributed by atoms with Crippen molar-refractivity contribution in [1.29, 1.82) is 0 Å². The van der Waals surface area contributed by atoms with E-state index in [0.29, 0.717) is 11.3 Å². The molecule has 0 saturated carbocycles. The van der Waals surface area contributed by atoms with Gasteiger partial charge in [-0.1, -0.05) is 24.3 Å². The number of methoxy groups -OCH3 is 1. The number of benzene rings is 2. The fourth-order valence-electron chi connectivity index (χ4n) is 2.99. The Morgan fingerprint density at radius 3 is 2.67 bits per heavy atom. The Balaban J connectivity index is 1.89. The maximum absolute atomic E-state index is 13.2. The lowest BCUT2D eigenvalue weighted by atomic mass is 10.0. The number of amides is 1. The maximum atomic E-state index is 13.2. The Bertz CT molecular complexity index is 877. The molecular weight excluding hydrogens is 320 g/mol. The van der Waals surface area contributed by atoms with Crippen LogP contribution in [0, 0.1) is 0 Å². The topological polar surface area (TPSA) is 41.6 Å². The molecule has 2 heterocycles. The van der Waals surface area contributed by atoms with Crippen LogP contribution < -0.4 is 15.0 Å². The maximum Gasteiger partial charge on any atom is 0.262 e. The molecule has 3 aromatic rings. The summed E-state index contributed by atoms with van der Waals surface area (Å²) in [5.74, 6) is 0.636. The lowest BCUT2D eigenvalue weighted by molar-refractivity contribution is 0.0974. The second-order valence-electron chi connectivity index (χ2n) is 5.50. The van der Waals surface area contributed by atoms with Crippen LogP contribution in [0.1, 0.15) is 22.1 Å². The Labute approximate surface area is 144 Å². The number of carbonyl (C=O) groups excluding carboxylic acids is 1. The van der Waals surface area contributed by atoms with Crippen molar-refractivity contribution in [2.45, 2.75) is 6.17 Å². The van der Waals surface area contributed by atoms with Gasteiger partial charge >= 0.3 is 0 Å². The molecule has 1 aromatic heterocycles.